The summed E-state index contributed by atoms with van der Waals surface area (Å²) in [6, 6.07) is 15.1. The average molecular weight is 361 g/mol. The summed E-state index contributed by atoms with van der Waals surface area (Å²) in [4.78, 5) is 12.9. The fourth-order valence-corrected chi connectivity index (χ4v) is 4.46. The van der Waals surface area contributed by atoms with E-state index in [0.717, 1.165) is 24.1 Å². The molecule has 1 amide bonds. The van der Waals surface area contributed by atoms with E-state index in [9.17, 15) is 4.79 Å². The lowest BCUT2D eigenvalue weighted by Crippen LogP contribution is -2.35. The molecule has 2 aromatic carbocycles. The van der Waals surface area contributed by atoms with Gasteiger partial charge in [0.2, 0.25) is 0 Å². The molecule has 4 rings (SSSR count). The number of hydrogen-bond donors (Lipinski definition) is 2. The second kappa shape index (κ2) is 7.22. The zero-order valence-corrected chi connectivity index (χ0v) is 16.3. The van der Waals surface area contributed by atoms with Gasteiger partial charge in [-0.3, -0.25) is 4.79 Å². The van der Waals surface area contributed by atoms with Gasteiger partial charge in [0.25, 0.3) is 5.91 Å². The van der Waals surface area contributed by atoms with Gasteiger partial charge in [-0.25, -0.2) is 0 Å². The number of amides is 1. The topological polar surface area (TPSA) is 41.1 Å². The summed E-state index contributed by atoms with van der Waals surface area (Å²) in [7, 11) is 0. The van der Waals surface area contributed by atoms with Crippen LogP contribution in [0, 0.1) is 12.8 Å². The van der Waals surface area contributed by atoms with Crippen molar-refractivity contribution in [3.05, 3.63) is 76.9 Å². The third-order valence-corrected chi connectivity index (χ3v) is 6.15. The quantitative estimate of drug-likeness (QED) is 0.722. The molecule has 0 spiro atoms. The maximum atomic E-state index is 12.9. The molecular formula is C24H28N2O. The molecule has 3 heteroatoms. The van der Waals surface area contributed by atoms with Crippen LogP contribution in [0.1, 0.15) is 65.7 Å². The van der Waals surface area contributed by atoms with Crippen molar-refractivity contribution in [2.45, 2.75) is 51.6 Å². The summed E-state index contributed by atoms with van der Waals surface area (Å²) in [5.41, 5.74) is 5.63. The summed E-state index contributed by atoms with van der Waals surface area (Å²) in [6.07, 6.45) is 6.61. The Morgan fingerprint density at radius 3 is 2.74 bits per heavy atom. The molecule has 0 aromatic heterocycles. The van der Waals surface area contributed by atoms with Crippen LogP contribution < -0.4 is 10.6 Å². The molecule has 2 N–H and O–H groups in total. The highest BCUT2D eigenvalue weighted by atomic mass is 16.1. The Morgan fingerprint density at radius 2 is 1.96 bits per heavy atom. The normalized spacial score (nSPS) is 23.9. The van der Waals surface area contributed by atoms with Crippen LogP contribution in [-0.2, 0) is 0 Å². The first-order valence-corrected chi connectivity index (χ1v) is 10.0. The molecule has 1 heterocycles. The number of nitrogens with one attached hydrogen (secondary N) is 2. The van der Waals surface area contributed by atoms with Crippen LogP contribution in [0.3, 0.4) is 0 Å². The predicted molar refractivity (Wildman–Crippen MR) is 111 cm³/mol. The molecule has 3 nitrogen and oxygen atoms in total. The highest BCUT2D eigenvalue weighted by Gasteiger charge is 2.39. The van der Waals surface area contributed by atoms with Gasteiger partial charge in [0, 0.05) is 12.0 Å². The van der Waals surface area contributed by atoms with E-state index in [0.29, 0.717) is 11.8 Å². The number of rotatable bonds is 4. The minimum Gasteiger partial charge on any atom is -0.377 e. The van der Waals surface area contributed by atoms with Gasteiger partial charge in [0.1, 0.15) is 0 Å². The Balaban J connectivity index is 1.77. The van der Waals surface area contributed by atoms with Crippen LogP contribution in [0.5, 0.6) is 0 Å². The van der Waals surface area contributed by atoms with Gasteiger partial charge in [-0.15, -0.1) is 0 Å². The van der Waals surface area contributed by atoms with Crippen molar-refractivity contribution < 1.29 is 4.79 Å². The zero-order valence-electron chi connectivity index (χ0n) is 16.3. The number of allylic oxidation sites excluding steroid dienone is 2. The van der Waals surface area contributed by atoms with Crippen LogP contribution in [0.4, 0.5) is 5.69 Å². The smallest absolute Gasteiger partial charge is 0.253 e. The molecule has 4 unspecified atom stereocenters. The predicted octanol–water partition coefficient (Wildman–Crippen LogP) is 5.35. The molecule has 27 heavy (non-hydrogen) atoms. The zero-order chi connectivity index (χ0) is 19.0. The first-order valence-electron chi connectivity index (χ1n) is 10.0. The third-order valence-electron chi connectivity index (χ3n) is 6.15. The molecule has 2 aromatic rings. The van der Waals surface area contributed by atoms with Crippen LogP contribution >= 0.6 is 0 Å². The standard InChI is InChI=1S/C24H28N2O/c1-4-16(3)25-24(27)21-14-8-13-20-18-11-7-12-19(18)22(26-23(20)21)17-10-6-5-9-15(17)2/h5-11,13-14,16,18-19,22,26H,4,12H2,1-3H3,(H,25,27). The number of para-hydroxylation sites is 1. The minimum absolute atomic E-state index is 0.0117. The molecule has 0 saturated heterocycles. The van der Waals surface area contributed by atoms with Crippen molar-refractivity contribution in [1.29, 1.82) is 0 Å². The first kappa shape index (κ1) is 17.8. The molecule has 0 radical (unpaired) electrons. The number of anilines is 1. The molecule has 0 fully saturated rings. The van der Waals surface area contributed by atoms with Gasteiger partial charge >= 0.3 is 0 Å². The molecule has 1 aliphatic heterocycles. The summed E-state index contributed by atoms with van der Waals surface area (Å²) >= 11 is 0. The van der Waals surface area contributed by atoms with Gasteiger partial charge in [-0.2, -0.15) is 0 Å². The Hall–Kier alpha value is -2.55. The lowest BCUT2D eigenvalue weighted by Gasteiger charge is -2.39. The Morgan fingerprint density at radius 1 is 1.19 bits per heavy atom. The Labute approximate surface area is 161 Å². The Bertz CT molecular complexity index is 886. The van der Waals surface area contributed by atoms with Crippen LogP contribution in [0.25, 0.3) is 0 Å². The van der Waals surface area contributed by atoms with Crippen molar-refractivity contribution in [1.82, 2.24) is 5.32 Å². The number of benzene rings is 2. The second-order valence-electron chi connectivity index (χ2n) is 7.88. The van der Waals surface area contributed by atoms with Crippen LogP contribution in [-0.4, -0.2) is 11.9 Å². The highest BCUT2D eigenvalue weighted by molar-refractivity contribution is 6.01. The third kappa shape index (κ3) is 3.16. The number of hydrogen-bond acceptors (Lipinski definition) is 2. The van der Waals surface area contributed by atoms with Crippen LogP contribution in [0.15, 0.2) is 54.6 Å². The van der Waals surface area contributed by atoms with Gasteiger partial charge in [0.05, 0.1) is 17.3 Å². The summed E-state index contributed by atoms with van der Waals surface area (Å²) in [5.74, 6) is 0.867. The fourth-order valence-electron chi connectivity index (χ4n) is 4.46. The summed E-state index contributed by atoms with van der Waals surface area (Å²) < 4.78 is 0. The lowest BCUT2D eigenvalue weighted by atomic mass is 9.75. The monoisotopic (exact) mass is 360 g/mol. The first-order chi connectivity index (χ1) is 13.1. The maximum absolute atomic E-state index is 12.9. The van der Waals surface area contributed by atoms with Crippen molar-refractivity contribution in [3.63, 3.8) is 0 Å². The van der Waals surface area contributed by atoms with E-state index in [-0.39, 0.29) is 18.0 Å². The number of carbonyl (C=O) groups is 1. The van der Waals surface area contributed by atoms with E-state index in [1.807, 2.05) is 19.1 Å². The molecular weight excluding hydrogens is 332 g/mol. The van der Waals surface area contributed by atoms with E-state index in [1.165, 1.54) is 16.7 Å². The highest BCUT2D eigenvalue weighted by Crippen LogP contribution is 2.51. The fraction of sp³-hybridized carbons (Fsp3) is 0.375. The number of carbonyl (C=O) groups excluding carboxylic acids is 1. The van der Waals surface area contributed by atoms with Gasteiger partial charge in [-0.1, -0.05) is 55.5 Å². The molecule has 0 saturated carbocycles. The number of aryl methyl sites for hydroxylation is 1. The van der Waals surface area contributed by atoms with E-state index in [1.54, 1.807) is 0 Å². The SMILES string of the molecule is CCC(C)NC(=O)c1cccc2c1NC(c1ccccc1C)C1CC=CC21. The number of fused-ring (bicyclic) bond motifs is 3. The van der Waals surface area contributed by atoms with Gasteiger partial charge in [-0.05, 0) is 55.4 Å². The molecule has 0 bridgehead atoms. The Kier molecular flexibility index (Phi) is 4.77. The average Bonchev–Trinajstić information content (AvgIpc) is 3.17. The summed E-state index contributed by atoms with van der Waals surface area (Å²) in [6.45, 7) is 6.31. The van der Waals surface area contributed by atoms with E-state index >= 15 is 0 Å². The van der Waals surface area contributed by atoms with Crippen LogP contribution in [0.2, 0.25) is 0 Å². The van der Waals surface area contributed by atoms with Crippen molar-refractivity contribution in [2.24, 2.45) is 5.92 Å². The van der Waals surface area contributed by atoms with Gasteiger partial charge in [0.15, 0.2) is 0 Å². The largest absolute Gasteiger partial charge is 0.377 e. The molecule has 140 valence electrons. The maximum Gasteiger partial charge on any atom is 0.253 e. The van der Waals surface area contributed by atoms with E-state index in [4.69, 9.17) is 0 Å². The molecule has 4 atom stereocenters. The van der Waals surface area contributed by atoms with Crippen molar-refractivity contribution >= 4 is 11.6 Å². The van der Waals surface area contributed by atoms with Crippen molar-refractivity contribution in [2.75, 3.05) is 5.32 Å². The molecule has 2 aliphatic rings. The second-order valence-corrected chi connectivity index (χ2v) is 7.88. The van der Waals surface area contributed by atoms with Gasteiger partial charge < -0.3 is 10.6 Å². The van der Waals surface area contributed by atoms with Crippen molar-refractivity contribution in [3.8, 4) is 0 Å². The van der Waals surface area contributed by atoms with E-state index in [2.05, 4.69) is 67.0 Å². The summed E-state index contributed by atoms with van der Waals surface area (Å²) in [5, 5.41) is 6.89. The minimum atomic E-state index is 0.0117. The molecule has 1 aliphatic carbocycles. The van der Waals surface area contributed by atoms with E-state index < -0.39 is 0 Å². The lowest BCUT2D eigenvalue weighted by molar-refractivity contribution is 0.0939.